The summed E-state index contributed by atoms with van der Waals surface area (Å²) in [4.78, 5) is 20.8. The first-order chi connectivity index (χ1) is 8.28. The third-order valence-electron chi connectivity index (χ3n) is 1.56. The van der Waals surface area contributed by atoms with Gasteiger partial charge in [-0.3, -0.25) is 0 Å². The van der Waals surface area contributed by atoms with E-state index in [-0.39, 0.29) is 11.4 Å². The number of hydrogen-bond donors (Lipinski definition) is 1. The monoisotopic (exact) mass is 270 g/mol. The molecule has 0 spiro atoms. The van der Waals surface area contributed by atoms with Crippen LogP contribution in [0.3, 0.4) is 0 Å². The number of esters is 1. The van der Waals surface area contributed by atoms with Crippen LogP contribution in [0.1, 0.15) is 48.5 Å². The summed E-state index contributed by atoms with van der Waals surface area (Å²) in [7, 11) is 0. The van der Waals surface area contributed by atoms with E-state index in [2.05, 4.69) is 6.58 Å². The molecule has 0 heterocycles. The molecule has 0 atom stereocenters. The van der Waals surface area contributed by atoms with Gasteiger partial charge in [-0.1, -0.05) is 33.4 Å². The number of carboxylic acid groups (broad SMARTS) is 1. The highest BCUT2D eigenvalue weighted by Gasteiger charge is 2.13. The van der Waals surface area contributed by atoms with E-state index in [0.29, 0.717) is 5.57 Å². The van der Waals surface area contributed by atoms with E-state index in [1.807, 2.05) is 41.5 Å². The van der Waals surface area contributed by atoms with Crippen LogP contribution in [0.15, 0.2) is 24.3 Å². The van der Waals surface area contributed by atoms with Crippen LogP contribution in [0.2, 0.25) is 0 Å². The highest BCUT2D eigenvalue weighted by molar-refractivity contribution is 5.85. The standard InChI is InChI=1S/C8H14O2.C7H12O2/c1-6(7(9)10)5-8(2,3)4;1-5-6(8)9-7(2,3)4/h5H,1-4H3,(H,9,10);5H,1H2,2-4H3. The number of aliphatic carboxylic acids is 1. The molecule has 0 aromatic heterocycles. The molecular formula is C15H26O4. The molecule has 0 bridgehead atoms. The Morgan fingerprint density at radius 3 is 1.63 bits per heavy atom. The van der Waals surface area contributed by atoms with Crippen LogP contribution < -0.4 is 0 Å². The molecule has 0 saturated carbocycles. The lowest BCUT2D eigenvalue weighted by Crippen LogP contribution is -2.22. The lowest BCUT2D eigenvalue weighted by molar-refractivity contribution is -0.148. The van der Waals surface area contributed by atoms with Gasteiger partial charge in [0.1, 0.15) is 5.60 Å². The molecule has 0 unspecified atom stereocenters. The van der Waals surface area contributed by atoms with Gasteiger partial charge in [0.15, 0.2) is 0 Å². The van der Waals surface area contributed by atoms with Crippen molar-refractivity contribution in [3.05, 3.63) is 24.3 Å². The average Bonchev–Trinajstić information content (AvgIpc) is 2.13. The summed E-state index contributed by atoms with van der Waals surface area (Å²) < 4.78 is 4.83. The number of rotatable bonds is 2. The topological polar surface area (TPSA) is 63.6 Å². The lowest BCUT2D eigenvalue weighted by atomic mass is 9.94. The molecule has 4 heteroatoms. The minimum absolute atomic E-state index is 0.0392. The molecule has 0 aromatic rings. The highest BCUT2D eigenvalue weighted by Crippen LogP contribution is 2.17. The molecule has 0 aromatic carbocycles. The van der Waals surface area contributed by atoms with Crippen LogP contribution in [-0.2, 0) is 14.3 Å². The van der Waals surface area contributed by atoms with Crippen LogP contribution in [0, 0.1) is 5.41 Å². The molecule has 0 aliphatic heterocycles. The van der Waals surface area contributed by atoms with Crippen LogP contribution in [0.4, 0.5) is 0 Å². The van der Waals surface area contributed by atoms with Gasteiger partial charge in [-0.2, -0.15) is 0 Å². The van der Waals surface area contributed by atoms with Gasteiger partial charge in [0.05, 0.1) is 0 Å². The molecule has 19 heavy (non-hydrogen) atoms. The molecule has 0 saturated heterocycles. The molecule has 0 aliphatic rings. The quantitative estimate of drug-likeness (QED) is 0.615. The smallest absolute Gasteiger partial charge is 0.330 e. The van der Waals surface area contributed by atoms with Crippen molar-refractivity contribution >= 4 is 11.9 Å². The minimum Gasteiger partial charge on any atom is -0.478 e. The van der Waals surface area contributed by atoms with E-state index >= 15 is 0 Å². The Bertz CT molecular complexity index is 351. The second-order valence-corrected chi connectivity index (χ2v) is 6.24. The molecule has 0 fully saturated rings. The van der Waals surface area contributed by atoms with Crippen molar-refractivity contribution in [2.24, 2.45) is 5.41 Å². The van der Waals surface area contributed by atoms with Crippen LogP contribution in [0.5, 0.6) is 0 Å². The van der Waals surface area contributed by atoms with Crippen LogP contribution in [-0.4, -0.2) is 22.6 Å². The van der Waals surface area contributed by atoms with E-state index in [4.69, 9.17) is 9.84 Å². The summed E-state index contributed by atoms with van der Waals surface area (Å²) in [6.07, 6.45) is 2.90. The van der Waals surface area contributed by atoms with Crippen molar-refractivity contribution in [1.29, 1.82) is 0 Å². The minimum atomic E-state index is -0.838. The SMILES string of the molecule is C=CC(=O)OC(C)(C)C.CC(=CC(C)(C)C)C(=O)O. The number of carboxylic acids is 1. The number of ether oxygens (including phenoxy) is 1. The van der Waals surface area contributed by atoms with Gasteiger partial charge in [-0.25, -0.2) is 9.59 Å². The van der Waals surface area contributed by atoms with E-state index in [1.54, 1.807) is 13.0 Å². The Hall–Kier alpha value is -1.58. The fourth-order valence-electron chi connectivity index (χ4n) is 1.05. The van der Waals surface area contributed by atoms with Gasteiger partial charge in [-0.15, -0.1) is 0 Å². The zero-order valence-corrected chi connectivity index (χ0v) is 13.0. The first-order valence-corrected chi connectivity index (χ1v) is 6.06. The summed E-state index contributed by atoms with van der Waals surface area (Å²) >= 11 is 0. The maximum Gasteiger partial charge on any atom is 0.330 e. The molecule has 1 N–H and O–H groups in total. The van der Waals surface area contributed by atoms with E-state index in [1.165, 1.54) is 0 Å². The Kier molecular flexibility index (Phi) is 8.08. The molecule has 0 aliphatic carbocycles. The summed E-state index contributed by atoms with van der Waals surface area (Å²) in [6.45, 7) is 16.2. The van der Waals surface area contributed by atoms with E-state index < -0.39 is 11.6 Å². The molecule has 0 amide bonds. The summed E-state index contributed by atoms with van der Waals surface area (Å²) in [6, 6.07) is 0. The first-order valence-electron chi connectivity index (χ1n) is 6.06. The fourth-order valence-corrected chi connectivity index (χ4v) is 1.05. The summed E-state index contributed by atoms with van der Waals surface area (Å²) in [5.41, 5.74) is -0.0270. The van der Waals surface area contributed by atoms with Gasteiger partial charge in [0.2, 0.25) is 0 Å². The summed E-state index contributed by atoms with van der Waals surface area (Å²) in [5.74, 6) is -1.21. The largest absolute Gasteiger partial charge is 0.478 e. The fraction of sp³-hybridized carbons (Fsp3) is 0.600. The van der Waals surface area contributed by atoms with E-state index in [9.17, 15) is 9.59 Å². The van der Waals surface area contributed by atoms with Crippen LogP contribution >= 0.6 is 0 Å². The van der Waals surface area contributed by atoms with Crippen molar-refractivity contribution in [3.8, 4) is 0 Å². The lowest BCUT2D eigenvalue weighted by Gasteiger charge is -2.17. The van der Waals surface area contributed by atoms with Crippen molar-refractivity contribution in [1.82, 2.24) is 0 Å². The molecule has 4 nitrogen and oxygen atoms in total. The normalized spacial score (nSPS) is 12.1. The summed E-state index contributed by atoms with van der Waals surface area (Å²) in [5, 5.41) is 8.48. The zero-order chi connectivity index (χ0) is 15.9. The zero-order valence-electron chi connectivity index (χ0n) is 13.0. The van der Waals surface area contributed by atoms with Gasteiger partial charge >= 0.3 is 11.9 Å². The van der Waals surface area contributed by atoms with Gasteiger partial charge in [0.25, 0.3) is 0 Å². The Labute approximate surface area is 116 Å². The van der Waals surface area contributed by atoms with Crippen molar-refractivity contribution in [2.75, 3.05) is 0 Å². The third kappa shape index (κ3) is 16.4. The first kappa shape index (κ1) is 19.8. The number of hydrogen-bond acceptors (Lipinski definition) is 3. The highest BCUT2D eigenvalue weighted by atomic mass is 16.6. The molecular weight excluding hydrogens is 244 g/mol. The van der Waals surface area contributed by atoms with E-state index in [0.717, 1.165) is 6.08 Å². The molecule has 0 radical (unpaired) electrons. The van der Waals surface area contributed by atoms with Crippen molar-refractivity contribution in [3.63, 3.8) is 0 Å². The van der Waals surface area contributed by atoms with Gasteiger partial charge in [-0.05, 0) is 33.1 Å². The maximum atomic E-state index is 10.5. The number of allylic oxidation sites excluding steroid dienone is 1. The molecule has 0 rings (SSSR count). The third-order valence-corrected chi connectivity index (χ3v) is 1.56. The van der Waals surface area contributed by atoms with Crippen molar-refractivity contribution in [2.45, 2.75) is 54.1 Å². The Balaban J connectivity index is 0. The second-order valence-electron chi connectivity index (χ2n) is 6.24. The van der Waals surface area contributed by atoms with Gasteiger partial charge < -0.3 is 9.84 Å². The Morgan fingerprint density at radius 1 is 1.11 bits per heavy atom. The predicted octanol–water partition coefficient (Wildman–Crippen LogP) is 3.58. The second kappa shape index (κ2) is 7.77. The number of carbonyl (C=O) groups is 2. The van der Waals surface area contributed by atoms with Crippen LogP contribution in [0.25, 0.3) is 0 Å². The Morgan fingerprint density at radius 2 is 1.53 bits per heavy atom. The maximum absolute atomic E-state index is 10.5. The number of carbonyl (C=O) groups excluding carboxylic acids is 1. The predicted molar refractivity (Wildman–Crippen MR) is 76.9 cm³/mol. The molecule has 110 valence electrons. The van der Waals surface area contributed by atoms with Gasteiger partial charge in [0, 0.05) is 11.6 Å². The average molecular weight is 270 g/mol. The van der Waals surface area contributed by atoms with Crippen molar-refractivity contribution < 1.29 is 19.4 Å².